The van der Waals surface area contributed by atoms with Crippen molar-refractivity contribution in [3.63, 3.8) is 0 Å². The number of nitrogens with two attached hydrogens (primary N) is 1. The molecule has 0 aromatic heterocycles. The van der Waals surface area contributed by atoms with E-state index in [2.05, 4.69) is 0 Å². The van der Waals surface area contributed by atoms with Crippen molar-refractivity contribution in [1.82, 2.24) is 4.90 Å². The van der Waals surface area contributed by atoms with Gasteiger partial charge in [0, 0.05) is 26.2 Å². The van der Waals surface area contributed by atoms with Crippen LogP contribution in [0.15, 0.2) is 24.3 Å². The molecule has 7 heteroatoms. The quantitative estimate of drug-likeness (QED) is 0.896. The van der Waals surface area contributed by atoms with Crippen molar-refractivity contribution in [2.24, 2.45) is 5.73 Å². The Bertz CT molecular complexity index is 503. The van der Waals surface area contributed by atoms with Crippen LogP contribution in [0.25, 0.3) is 0 Å². The number of rotatable bonds is 2. The number of benzene rings is 1. The number of carbonyl (C=O) groups is 1. The maximum atomic E-state index is 13.7. The Morgan fingerprint density at radius 3 is 2.19 bits per heavy atom. The van der Waals surface area contributed by atoms with Gasteiger partial charge in [0.05, 0.1) is 11.2 Å². The summed E-state index contributed by atoms with van der Waals surface area (Å²) in [6, 6.07) is 6.75. The predicted molar refractivity (Wildman–Crippen MR) is 85.8 cm³/mol. The third-order valence-corrected chi connectivity index (χ3v) is 3.97. The Kier molecular flexibility index (Phi) is 5.84. The van der Waals surface area contributed by atoms with Crippen molar-refractivity contribution in [2.45, 2.75) is 18.4 Å². The van der Waals surface area contributed by atoms with E-state index in [1.54, 1.807) is 12.1 Å². The highest BCUT2D eigenvalue weighted by Gasteiger charge is 2.48. The molecule has 3 rings (SSSR count). The van der Waals surface area contributed by atoms with Crippen molar-refractivity contribution >= 4 is 36.4 Å². The minimum atomic E-state index is -0.597. The standard InChI is InChI=1S/C14H18FN3O.2ClH/c15-11-3-1-2-4-12(11)17-7-9-18(10-8-17)13(19)14(16)5-6-14;;/h1-4H,5-10,16H2;2*1H. The number of piperazine rings is 1. The topological polar surface area (TPSA) is 49.6 Å². The summed E-state index contributed by atoms with van der Waals surface area (Å²) in [5, 5.41) is 0. The lowest BCUT2D eigenvalue weighted by atomic mass is 10.2. The van der Waals surface area contributed by atoms with E-state index in [0.29, 0.717) is 31.9 Å². The molecule has 0 bridgehead atoms. The molecule has 1 saturated heterocycles. The number of anilines is 1. The molecule has 2 fully saturated rings. The molecule has 1 aromatic carbocycles. The van der Waals surface area contributed by atoms with Gasteiger partial charge in [-0.3, -0.25) is 4.79 Å². The van der Waals surface area contributed by atoms with Crippen LogP contribution in [0.4, 0.5) is 10.1 Å². The maximum Gasteiger partial charge on any atom is 0.242 e. The number of halogens is 3. The van der Waals surface area contributed by atoms with E-state index < -0.39 is 5.54 Å². The summed E-state index contributed by atoms with van der Waals surface area (Å²) in [7, 11) is 0. The zero-order valence-electron chi connectivity index (χ0n) is 11.6. The molecule has 1 aliphatic carbocycles. The summed E-state index contributed by atoms with van der Waals surface area (Å²) < 4.78 is 13.7. The first kappa shape index (κ1) is 18.0. The Balaban J connectivity index is 0.00000110. The molecule has 0 atom stereocenters. The van der Waals surface area contributed by atoms with Crippen LogP contribution in [0.1, 0.15) is 12.8 Å². The zero-order valence-corrected chi connectivity index (χ0v) is 13.3. The van der Waals surface area contributed by atoms with Gasteiger partial charge in [0.2, 0.25) is 5.91 Å². The number of amides is 1. The summed E-state index contributed by atoms with van der Waals surface area (Å²) in [5.74, 6) is -0.152. The second-order valence-electron chi connectivity index (χ2n) is 5.39. The molecule has 118 valence electrons. The normalized spacial score (nSPS) is 19.3. The molecule has 1 aromatic rings. The molecule has 1 amide bonds. The Labute approximate surface area is 136 Å². The number of para-hydroxylation sites is 1. The lowest BCUT2D eigenvalue weighted by Gasteiger charge is -2.37. The molecule has 1 aliphatic heterocycles. The minimum Gasteiger partial charge on any atom is -0.366 e. The Morgan fingerprint density at radius 2 is 1.67 bits per heavy atom. The van der Waals surface area contributed by atoms with Gasteiger partial charge in [-0.15, -0.1) is 24.8 Å². The number of hydrogen-bond acceptors (Lipinski definition) is 3. The number of carbonyl (C=O) groups excluding carboxylic acids is 1. The number of nitrogens with zero attached hydrogens (tertiary/aromatic N) is 2. The first-order valence-electron chi connectivity index (χ1n) is 6.68. The van der Waals surface area contributed by atoms with Crippen LogP contribution >= 0.6 is 24.8 Å². The average molecular weight is 336 g/mol. The van der Waals surface area contributed by atoms with E-state index in [1.807, 2.05) is 15.9 Å². The fraction of sp³-hybridized carbons (Fsp3) is 0.500. The van der Waals surface area contributed by atoms with Gasteiger partial charge in [0.15, 0.2) is 0 Å². The van der Waals surface area contributed by atoms with Gasteiger partial charge in [0.25, 0.3) is 0 Å². The van der Waals surface area contributed by atoms with Crippen LogP contribution < -0.4 is 10.6 Å². The van der Waals surface area contributed by atoms with Gasteiger partial charge in [0.1, 0.15) is 5.82 Å². The molecule has 4 nitrogen and oxygen atoms in total. The second kappa shape index (κ2) is 6.81. The minimum absolute atomic E-state index is 0. The molecular weight excluding hydrogens is 316 g/mol. The third kappa shape index (κ3) is 3.59. The largest absolute Gasteiger partial charge is 0.366 e. The van der Waals surface area contributed by atoms with Crippen LogP contribution in [0.2, 0.25) is 0 Å². The first-order chi connectivity index (χ1) is 9.10. The lowest BCUT2D eigenvalue weighted by Crippen LogP contribution is -2.54. The highest BCUT2D eigenvalue weighted by Crippen LogP contribution is 2.34. The van der Waals surface area contributed by atoms with Crippen molar-refractivity contribution in [1.29, 1.82) is 0 Å². The van der Waals surface area contributed by atoms with Crippen LogP contribution in [0.3, 0.4) is 0 Å². The fourth-order valence-corrected chi connectivity index (χ4v) is 2.52. The van der Waals surface area contributed by atoms with Crippen LogP contribution in [-0.2, 0) is 4.79 Å². The molecule has 0 spiro atoms. The summed E-state index contributed by atoms with van der Waals surface area (Å²) >= 11 is 0. The van der Waals surface area contributed by atoms with Crippen LogP contribution in [0, 0.1) is 5.82 Å². The first-order valence-corrected chi connectivity index (χ1v) is 6.68. The molecule has 2 aliphatic rings. The van der Waals surface area contributed by atoms with Gasteiger partial charge in [-0.05, 0) is 25.0 Å². The van der Waals surface area contributed by atoms with E-state index in [-0.39, 0.29) is 36.5 Å². The van der Waals surface area contributed by atoms with Crippen LogP contribution in [-0.4, -0.2) is 42.5 Å². The lowest BCUT2D eigenvalue weighted by molar-refractivity contribution is -0.133. The van der Waals surface area contributed by atoms with Crippen molar-refractivity contribution in [3.05, 3.63) is 30.1 Å². The van der Waals surface area contributed by atoms with Crippen molar-refractivity contribution in [3.8, 4) is 0 Å². The van der Waals surface area contributed by atoms with Crippen molar-refractivity contribution < 1.29 is 9.18 Å². The second-order valence-corrected chi connectivity index (χ2v) is 5.39. The molecular formula is C14H20Cl2FN3O. The predicted octanol–water partition coefficient (Wildman–Crippen LogP) is 1.81. The SMILES string of the molecule is Cl.Cl.NC1(C(=O)N2CCN(c3ccccc3F)CC2)CC1. The third-order valence-electron chi connectivity index (χ3n) is 3.97. The molecule has 0 unspecified atom stereocenters. The maximum absolute atomic E-state index is 13.7. The molecule has 21 heavy (non-hydrogen) atoms. The Morgan fingerprint density at radius 1 is 1.10 bits per heavy atom. The van der Waals surface area contributed by atoms with Gasteiger partial charge >= 0.3 is 0 Å². The summed E-state index contributed by atoms with van der Waals surface area (Å²) in [6.45, 7) is 2.55. The van der Waals surface area contributed by atoms with Crippen LogP contribution in [0.5, 0.6) is 0 Å². The average Bonchev–Trinajstić information content (AvgIpc) is 3.18. The van der Waals surface area contributed by atoms with Gasteiger partial charge in [-0.25, -0.2) is 4.39 Å². The molecule has 2 N–H and O–H groups in total. The van der Waals surface area contributed by atoms with Gasteiger partial charge < -0.3 is 15.5 Å². The highest BCUT2D eigenvalue weighted by atomic mass is 35.5. The Hall–Kier alpha value is -1.04. The van der Waals surface area contributed by atoms with E-state index in [4.69, 9.17) is 5.73 Å². The number of hydrogen-bond donors (Lipinski definition) is 1. The monoisotopic (exact) mass is 335 g/mol. The van der Waals surface area contributed by atoms with E-state index in [1.165, 1.54) is 6.07 Å². The van der Waals surface area contributed by atoms with Gasteiger partial charge in [-0.2, -0.15) is 0 Å². The molecule has 0 radical (unpaired) electrons. The molecule has 1 saturated carbocycles. The van der Waals surface area contributed by atoms with Crippen molar-refractivity contribution in [2.75, 3.05) is 31.1 Å². The van der Waals surface area contributed by atoms with E-state index in [0.717, 1.165) is 12.8 Å². The van der Waals surface area contributed by atoms with E-state index >= 15 is 0 Å². The zero-order chi connectivity index (χ0) is 13.5. The summed E-state index contributed by atoms with van der Waals surface area (Å²) in [6.07, 6.45) is 1.58. The summed E-state index contributed by atoms with van der Waals surface area (Å²) in [5.41, 5.74) is 5.94. The van der Waals surface area contributed by atoms with E-state index in [9.17, 15) is 9.18 Å². The fourth-order valence-electron chi connectivity index (χ4n) is 2.52. The van der Waals surface area contributed by atoms with Gasteiger partial charge in [-0.1, -0.05) is 12.1 Å². The smallest absolute Gasteiger partial charge is 0.242 e. The summed E-state index contributed by atoms with van der Waals surface area (Å²) in [4.78, 5) is 15.9. The molecule has 1 heterocycles. The highest BCUT2D eigenvalue weighted by molar-refractivity contribution is 5.89.